The van der Waals surface area contributed by atoms with E-state index >= 15 is 0 Å². The van der Waals surface area contributed by atoms with Crippen molar-refractivity contribution in [3.63, 3.8) is 0 Å². The molecule has 0 amide bonds. The summed E-state index contributed by atoms with van der Waals surface area (Å²) < 4.78 is 2.02. The molecule has 0 saturated heterocycles. The number of hydrogen-bond donors (Lipinski definition) is 0. The van der Waals surface area contributed by atoms with E-state index in [1.165, 1.54) is 0 Å². The number of carbonyl (C=O) groups excluding carboxylic acids is 1. The van der Waals surface area contributed by atoms with Crippen LogP contribution >= 0.6 is 0 Å². The molecule has 1 aliphatic rings. The lowest BCUT2D eigenvalue weighted by molar-refractivity contribution is -0.122. The van der Waals surface area contributed by atoms with Crippen LogP contribution in [-0.4, -0.2) is 15.3 Å². The summed E-state index contributed by atoms with van der Waals surface area (Å²) in [4.78, 5) is 15.6. The largest absolute Gasteiger partial charge is 0.338 e. The monoisotopic (exact) mass is 192 g/mol. The quantitative estimate of drug-likeness (QED) is 0.728. The van der Waals surface area contributed by atoms with E-state index in [0.717, 1.165) is 31.5 Å². The van der Waals surface area contributed by atoms with E-state index in [9.17, 15) is 4.79 Å². The number of Topliss-reactive ketones (excluding diaryl/α,β-unsaturated/α-hetero) is 1. The first kappa shape index (κ1) is 9.44. The number of rotatable bonds is 4. The van der Waals surface area contributed by atoms with E-state index < -0.39 is 0 Å². The lowest BCUT2D eigenvalue weighted by Gasteiger charge is -2.10. The van der Waals surface area contributed by atoms with Crippen LogP contribution in [0.1, 0.15) is 32.0 Å². The van der Waals surface area contributed by atoms with E-state index in [2.05, 4.69) is 4.98 Å². The van der Waals surface area contributed by atoms with Gasteiger partial charge in [-0.05, 0) is 26.2 Å². The molecule has 1 saturated carbocycles. The molecule has 1 aromatic heterocycles. The molecule has 14 heavy (non-hydrogen) atoms. The topological polar surface area (TPSA) is 34.9 Å². The van der Waals surface area contributed by atoms with Crippen molar-refractivity contribution < 1.29 is 4.79 Å². The molecule has 0 unspecified atom stereocenters. The smallest absolute Gasteiger partial charge is 0.135 e. The van der Waals surface area contributed by atoms with Gasteiger partial charge in [-0.1, -0.05) is 0 Å². The number of imidazole rings is 1. The minimum absolute atomic E-state index is 0.0198. The first-order chi connectivity index (χ1) is 6.64. The van der Waals surface area contributed by atoms with Crippen molar-refractivity contribution in [3.05, 3.63) is 18.2 Å². The summed E-state index contributed by atoms with van der Waals surface area (Å²) in [7, 11) is 2.00. The zero-order valence-electron chi connectivity index (χ0n) is 8.79. The summed E-state index contributed by atoms with van der Waals surface area (Å²) in [5.41, 5.74) is 0.0198. The molecule has 2 rings (SSSR count). The molecule has 3 heteroatoms. The third kappa shape index (κ3) is 1.59. The van der Waals surface area contributed by atoms with Gasteiger partial charge < -0.3 is 4.57 Å². The molecule has 0 N–H and O–H groups in total. The number of ketones is 1. The number of hydrogen-bond acceptors (Lipinski definition) is 2. The lowest BCUT2D eigenvalue weighted by Crippen LogP contribution is -2.13. The van der Waals surface area contributed by atoms with Gasteiger partial charge in [0.2, 0.25) is 0 Å². The summed E-state index contributed by atoms with van der Waals surface area (Å²) in [6.07, 6.45) is 7.79. The van der Waals surface area contributed by atoms with E-state index in [-0.39, 0.29) is 5.41 Å². The first-order valence-electron chi connectivity index (χ1n) is 5.11. The summed E-state index contributed by atoms with van der Waals surface area (Å²) in [6.45, 7) is 1.71. The number of aromatic nitrogens is 2. The van der Waals surface area contributed by atoms with E-state index in [1.807, 2.05) is 24.0 Å². The third-order valence-corrected chi connectivity index (χ3v) is 3.35. The second-order valence-corrected chi connectivity index (χ2v) is 4.29. The van der Waals surface area contributed by atoms with Gasteiger partial charge >= 0.3 is 0 Å². The molecule has 1 aliphatic carbocycles. The normalized spacial score (nSPS) is 18.1. The van der Waals surface area contributed by atoms with E-state index in [4.69, 9.17) is 0 Å². The van der Waals surface area contributed by atoms with Crippen LogP contribution < -0.4 is 0 Å². The zero-order chi connectivity index (χ0) is 10.2. The number of aryl methyl sites for hydroxylation is 2. The van der Waals surface area contributed by atoms with Gasteiger partial charge in [0, 0.05) is 31.3 Å². The van der Waals surface area contributed by atoms with Crippen LogP contribution in [0.15, 0.2) is 12.4 Å². The molecular formula is C11H16N2O. The summed E-state index contributed by atoms with van der Waals surface area (Å²) in [5.74, 6) is 1.43. The Morgan fingerprint density at radius 2 is 2.36 bits per heavy atom. The Balaban J connectivity index is 1.95. The minimum Gasteiger partial charge on any atom is -0.338 e. The molecule has 0 bridgehead atoms. The second-order valence-electron chi connectivity index (χ2n) is 4.29. The number of nitrogens with zero attached hydrogens (tertiary/aromatic N) is 2. The first-order valence-corrected chi connectivity index (χ1v) is 5.11. The molecule has 76 valence electrons. The minimum atomic E-state index is 0.0198. The highest BCUT2D eigenvalue weighted by Crippen LogP contribution is 2.50. The lowest BCUT2D eigenvalue weighted by atomic mass is 9.96. The van der Waals surface area contributed by atoms with Crippen molar-refractivity contribution in [2.24, 2.45) is 12.5 Å². The van der Waals surface area contributed by atoms with Gasteiger partial charge in [-0.25, -0.2) is 4.98 Å². The molecule has 0 spiro atoms. The molecular weight excluding hydrogens is 176 g/mol. The van der Waals surface area contributed by atoms with Crippen LogP contribution in [0.2, 0.25) is 0 Å². The summed E-state index contributed by atoms with van der Waals surface area (Å²) in [5, 5.41) is 0. The number of carbonyl (C=O) groups is 1. The van der Waals surface area contributed by atoms with Crippen molar-refractivity contribution in [2.45, 2.75) is 32.6 Å². The maximum absolute atomic E-state index is 11.3. The molecule has 3 nitrogen and oxygen atoms in total. The van der Waals surface area contributed by atoms with Crippen LogP contribution in [0.5, 0.6) is 0 Å². The van der Waals surface area contributed by atoms with E-state index in [0.29, 0.717) is 5.78 Å². The standard InChI is InChI=1S/C11H16N2O/c1-9(14)11(5-6-11)4-3-10-12-7-8-13(10)2/h7-8H,3-6H2,1-2H3. The van der Waals surface area contributed by atoms with Gasteiger partial charge in [0.1, 0.15) is 11.6 Å². The molecule has 1 aromatic rings. The maximum atomic E-state index is 11.3. The maximum Gasteiger partial charge on any atom is 0.135 e. The SMILES string of the molecule is CC(=O)C1(CCc2nccn2C)CC1. The van der Waals surface area contributed by atoms with Crippen LogP contribution in [0.4, 0.5) is 0 Å². The third-order valence-electron chi connectivity index (χ3n) is 3.35. The Hall–Kier alpha value is -1.12. The van der Waals surface area contributed by atoms with Crippen molar-refractivity contribution >= 4 is 5.78 Å². The summed E-state index contributed by atoms with van der Waals surface area (Å²) >= 11 is 0. The van der Waals surface area contributed by atoms with Crippen LogP contribution in [0.25, 0.3) is 0 Å². The Morgan fingerprint density at radius 1 is 1.64 bits per heavy atom. The molecule has 0 aromatic carbocycles. The van der Waals surface area contributed by atoms with Crippen LogP contribution in [0, 0.1) is 5.41 Å². The van der Waals surface area contributed by atoms with Crippen molar-refractivity contribution in [2.75, 3.05) is 0 Å². The Labute approximate surface area is 84.1 Å². The van der Waals surface area contributed by atoms with Crippen LogP contribution in [0.3, 0.4) is 0 Å². The van der Waals surface area contributed by atoms with Gasteiger partial charge in [0.25, 0.3) is 0 Å². The Bertz CT molecular complexity index is 350. The van der Waals surface area contributed by atoms with Gasteiger partial charge in [-0.2, -0.15) is 0 Å². The Morgan fingerprint density at radius 3 is 2.79 bits per heavy atom. The second kappa shape index (κ2) is 3.23. The van der Waals surface area contributed by atoms with Gasteiger partial charge in [0.15, 0.2) is 0 Å². The van der Waals surface area contributed by atoms with Crippen molar-refractivity contribution in [1.29, 1.82) is 0 Å². The van der Waals surface area contributed by atoms with Gasteiger partial charge in [-0.15, -0.1) is 0 Å². The fourth-order valence-electron chi connectivity index (χ4n) is 1.92. The van der Waals surface area contributed by atoms with Crippen LogP contribution in [-0.2, 0) is 18.3 Å². The average Bonchev–Trinajstić information content (AvgIpc) is 2.83. The highest BCUT2D eigenvalue weighted by atomic mass is 16.1. The predicted molar refractivity (Wildman–Crippen MR) is 53.9 cm³/mol. The van der Waals surface area contributed by atoms with E-state index in [1.54, 1.807) is 6.92 Å². The van der Waals surface area contributed by atoms with Crippen molar-refractivity contribution in [1.82, 2.24) is 9.55 Å². The molecule has 0 aliphatic heterocycles. The van der Waals surface area contributed by atoms with Gasteiger partial charge in [0.05, 0.1) is 0 Å². The molecule has 1 fully saturated rings. The molecule has 0 radical (unpaired) electrons. The highest BCUT2D eigenvalue weighted by Gasteiger charge is 2.46. The fourth-order valence-corrected chi connectivity index (χ4v) is 1.92. The predicted octanol–water partition coefficient (Wildman–Crippen LogP) is 1.72. The Kier molecular flexibility index (Phi) is 2.17. The average molecular weight is 192 g/mol. The molecule has 0 atom stereocenters. The fraction of sp³-hybridized carbons (Fsp3) is 0.636. The molecule has 1 heterocycles. The highest BCUT2D eigenvalue weighted by molar-refractivity contribution is 5.84. The summed E-state index contributed by atoms with van der Waals surface area (Å²) in [6, 6.07) is 0. The van der Waals surface area contributed by atoms with Gasteiger partial charge in [-0.3, -0.25) is 4.79 Å². The zero-order valence-corrected chi connectivity index (χ0v) is 8.79. The van der Waals surface area contributed by atoms with Crippen molar-refractivity contribution in [3.8, 4) is 0 Å².